The average Bonchev–Trinajstić information content (AvgIpc) is 2.63. The number of nitrogens with one attached hydrogen (secondary N) is 1. The maximum atomic E-state index is 12.4. The summed E-state index contributed by atoms with van der Waals surface area (Å²) in [5.41, 5.74) is 0.934. The van der Waals surface area contributed by atoms with Gasteiger partial charge in [0.25, 0.3) is 0 Å². The molecule has 0 radical (unpaired) electrons. The van der Waals surface area contributed by atoms with Gasteiger partial charge in [-0.1, -0.05) is 0 Å². The molecule has 18 heavy (non-hydrogen) atoms. The van der Waals surface area contributed by atoms with Crippen molar-refractivity contribution >= 4 is 0 Å². The van der Waals surface area contributed by atoms with Crippen LogP contribution in [0.2, 0.25) is 0 Å². The minimum atomic E-state index is -4.19. The fourth-order valence-corrected chi connectivity index (χ4v) is 1.66. The molecule has 0 aromatic carbocycles. The molecule has 1 rings (SSSR count). The Morgan fingerprint density at radius 3 is 2.56 bits per heavy atom. The topological polar surface area (TPSA) is 28.4 Å². The molecule has 0 unspecified atom stereocenters. The lowest BCUT2D eigenvalue weighted by molar-refractivity contribution is -0.151. The predicted octanol–water partition coefficient (Wildman–Crippen LogP) is 2.77. The van der Waals surface area contributed by atoms with Crippen LogP contribution in [0.15, 0.2) is 16.7 Å². The second-order valence-corrected chi connectivity index (χ2v) is 4.57. The monoisotopic (exact) mass is 264 g/mol. The van der Waals surface area contributed by atoms with Gasteiger partial charge in [-0.2, -0.15) is 13.2 Å². The molecule has 1 heterocycles. The van der Waals surface area contributed by atoms with Gasteiger partial charge < -0.3 is 9.73 Å². The molecule has 1 N–H and O–H groups in total. The van der Waals surface area contributed by atoms with Crippen molar-refractivity contribution in [1.82, 2.24) is 10.2 Å². The van der Waals surface area contributed by atoms with E-state index in [1.54, 1.807) is 33.2 Å². The normalized spacial score (nSPS) is 12.7. The Kier molecular flexibility index (Phi) is 5.22. The molecule has 0 amide bonds. The number of furan rings is 1. The summed E-state index contributed by atoms with van der Waals surface area (Å²) in [7, 11) is 1.80. The van der Waals surface area contributed by atoms with Crippen LogP contribution in [0.25, 0.3) is 0 Å². The summed E-state index contributed by atoms with van der Waals surface area (Å²) in [4.78, 5) is 1.34. The molecule has 1 aromatic heterocycles. The summed E-state index contributed by atoms with van der Waals surface area (Å²) in [6.45, 7) is 3.37. The third-order valence-electron chi connectivity index (χ3n) is 2.56. The predicted molar refractivity (Wildman–Crippen MR) is 63.1 cm³/mol. The molecule has 0 aliphatic heterocycles. The van der Waals surface area contributed by atoms with Crippen LogP contribution in [0.4, 0.5) is 13.2 Å². The summed E-state index contributed by atoms with van der Waals surface area (Å²) >= 11 is 0. The number of nitrogens with zero attached hydrogens (tertiary/aromatic N) is 1. The molecule has 0 saturated carbocycles. The van der Waals surface area contributed by atoms with Gasteiger partial charge in [0.05, 0.1) is 19.4 Å². The minimum Gasteiger partial charge on any atom is -0.468 e. The van der Waals surface area contributed by atoms with Crippen molar-refractivity contribution < 1.29 is 17.6 Å². The number of hydrogen-bond acceptors (Lipinski definition) is 3. The van der Waals surface area contributed by atoms with Crippen LogP contribution >= 0.6 is 0 Å². The lowest BCUT2D eigenvalue weighted by Gasteiger charge is -2.26. The van der Waals surface area contributed by atoms with Gasteiger partial charge in [-0.15, -0.1) is 0 Å². The third-order valence-corrected chi connectivity index (χ3v) is 2.56. The van der Waals surface area contributed by atoms with Gasteiger partial charge >= 0.3 is 6.18 Å². The van der Waals surface area contributed by atoms with E-state index >= 15 is 0 Å². The molecular formula is C12H19F3N2O. The Labute approximate surface area is 105 Å². The van der Waals surface area contributed by atoms with E-state index in [9.17, 15) is 13.2 Å². The van der Waals surface area contributed by atoms with Gasteiger partial charge in [0.1, 0.15) is 5.76 Å². The molecule has 0 aliphatic rings. The molecule has 0 fully saturated rings. The number of hydrogen-bond donors (Lipinski definition) is 1. The highest BCUT2D eigenvalue weighted by atomic mass is 19.4. The largest absolute Gasteiger partial charge is 0.468 e. The van der Waals surface area contributed by atoms with Gasteiger partial charge in [-0.25, -0.2) is 0 Å². The zero-order valence-corrected chi connectivity index (χ0v) is 10.8. The van der Waals surface area contributed by atoms with E-state index in [0.29, 0.717) is 12.3 Å². The van der Waals surface area contributed by atoms with E-state index in [0.717, 1.165) is 5.56 Å². The maximum Gasteiger partial charge on any atom is 0.401 e. The molecule has 0 aliphatic carbocycles. The zero-order chi connectivity index (χ0) is 13.8. The van der Waals surface area contributed by atoms with Gasteiger partial charge in [0, 0.05) is 18.2 Å². The standard InChI is InChI=1S/C12H19F3N2O/c1-9(2)17(8-12(13,14)15)6-11-4-10(5-16-3)7-18-11/h4,7,9,16H,5-6,8H2,1-3H3. The Morgan fingerprint density at radius 1 is 1.39 bits per heavy atom. The van der Waals surface area contributed by atoms with E-state index in [2.05, 4.69) is 5.32 Å². The third kappa shape index (κ3) is 5.10. The zero-order valence-electron chi connectivity index (χ0n) is 10.8. The van der Waals surface area contributed by atoms with E-state index in [4.69, 9.17) is 4.42 Å². The van der Waals surface area contributed by atoms with Gasteiger partial charge in [-0.05, 0) is 27.0 Å². The Bertz CT molecular complexity index is 360. The second-order valence-electron chi connectivity index (χ2n) is 4.57. The summed E-state index contributed by atoms with van der Waals surface area (Å²) in [6.07, 6.45) is -2.62. The average molecular weight is 264 g/mol. The lowest BCUT2D eigenvalue weighted by Crippen LogP contribution is -2.38. The highest BCUT2D eigenvalue weighted by Gasteiger charge is 2.32. The lowest BCUT2D eigenvalue weighted by atomic mass is 10.2. The van der Waals surface area contributed by atoms with Crippen LogP contribution in [-0.2, 0) is 13.1 Å². The summed E-state index contributed by atoms with van der Waals surface area (Å²) in [5.74, 6) is 0.554. The number of halogens is 3. The minimum absolute atomic E-state index is 0.168. The van der Waals surface area contributed by atoms with Crippen molar-refractivity contribution in [2.75, 3.05) is 13.6 Å². The molecule has 0 bridgehead atoms. The first kappa shape index (κ1) is 15.0. The van der Waals surface area contributed by atoms with Gasteiger partial charge in [-0.3, -0.25) is 4.90 Å². The quantitative estimate of drug-likeness (QED) is 0.856. The number of rotatable bonds is 6. The molecule has 0 spiro atoms. The van der Waals surface area contributed by atoms with Crippen molar-refractivity contribution in [3.05, 3.63) is 23.7 Å². The molecule has 6 heteroatoms. The molecule has 0 saturated heterocycles. The summed E-state index contributed by atoms with van der Waals surface area (Å²) in [5, 5.41) is 2.96. The van der Waals surface area contributed by atoms with E-state index in [-0.39, 0.29) is 12.6 Å². The van der Waals surface area contributed by atoms with Crippen LogP contribution in [-0.4, -0.2) is 30.7 Å². The highest BCUT2D eigenvalue weighted by Crippen LogP contribution is 2.20. The molecule has 1 aromatic rings. The highest BCUT2D eigenvalue weighted by molar-refractivity contribution is 5.12. The van der Waals surface area contributed by atoms with Crippen LogP contribution in [0.1, 0.15) is 25.2 Å². The first-order valence-corrected chi connectivity index (χ1v) is 5.83. The molecule has 3 nitrogen and oxygen atoms in total. The second kappa shape index (κ2) is 6.24. The molecule has 0 atom stereocenters. The first-order valence-electron chi connectivity index (χ1n) is 5.83. The Morgan fingerprint density at radius 2 is 2.06 bits per heavy atom. The first-order chi connectivity index (χ1) is 8.31. The smallest absolute Gasteiger partial charge is 0.401 e. The maximum absolute atomic E-state index is 12.4. The summed E-state index contributed by atoms with van der Waals surface area (Å²) in [6, 6.07) is 1.59. The van der Waals surface area contributed by atoms with Crippen molar-refractivity contribution in [2.24, 2.45) is 0 Å². The van der Waals surface area contributed by atoms with Crippen LogP contribution < -0.4 is 5.32 Å². The Hall–Kier alpha value is -1.01. The van der Waals surface area contributed by atoms with Gasteiger partial charge in [0.15, 0.2) is 0 Å². The van der Waals surface area contributed by atoms with Crippen LogP contribution in [0.5, 0.6) is 0 Å². The fourth-order valence-electron chi connectivity index (χ4n) is 1.66. The fraction of sp³-hybridized carbons (Fsp3) is 0.667. The van der Waals surface area contributed by atoms with Crippen molar-refractivity contribution in [1.29, 1.82) is 0 Å². The van der Waals surface area contributed by atoms with E-state index in [1.165, 1.54) is 4.90 Å². The van der Waals surface area contributed by atoms with E-state index in [1.807, 2.05) is 0 Å². The van der Waals surface area contributed by atoms with Crippen molar-refractivity contribution in [3.8, 4) is 0 Å². The molecular weight excluding hydrogens is 245 g/mol. The summed E-state index contributed by atoms with van der Waals surface area (Å²) < 4.78 is 42.5. The van der Waals surface area contributed by atoms with Crippen LogP contribution in [0, 0.1) is 0 Å². The van der Waals surface area contributed by atoms with E-state index < -0.39 is 12.7 Å². The van der Waals surface area contributed by atoms with Crippen LogP contribution in [0.3, 0.4) is 0 Å². The SMILES string of the molecule is CNCc1coc(CN(CC(F)(F)F)C(C)C)c1. The molecule has 104 valence electrons. The Balaban J connectivity index is 2.65. The number of alkyl halides is 3. The van der Waals surface area contributed by atoms with Gasteiger partial charge in [0.2, 0.25) is 0 Å². The van der Waals surface area contributed by atoms with Crippen molar-refractivity contribution in [3.63, 3.8) is 0 Å². The van der Waals surface area contributed by atoms with Crippen molar-refractivity contribution in [2.45, 2.75) is 39.2 Å².